The van der Waals surface area contributed by atoms with Gasteiger partial charge < -0.3 is 9.47 Å². The van der Waals surface area contributed by atoms with Crippen molar-refractivity contribution in [2.24, 2.45) is 0 Å². The molecule has 0 aliphatic carbocycles. The molecule has 0 aromatic carbocycles. The van der Waals surface area contributed by atoms with Crippen LogP contribution < -0.4 is 0 Å². The average molecular weight is 224 g/mol. The molecular formula is C10H16N4S. The van der Waals surface area contributed by atoms with Gasteiger partial charge in [-0.25, -0.2) is 4.98 Å². The molecule has 0 radical (unpaired) electrons. The molecule has 4 nitrogen and oxygen atoms in total. The Bertz CT molecular complexity index is 326. The first-order valence-corrected chi connectivity index (χ1v) is 5.88. The van der Waals surface area contributed by atoms with E-state index >= 15 is 0 Å². The normalized spacial score (nSPS) is 10.5. The highest BCUT2D eigenvalue weighted by Gasteiger charge is 2.03. The standard InChI is InChI=1S/C10H16N4S/c1-13(2)7-8-14-6-5-12-10(14)15-9-3-4-11/h5-6H,3,7-9H2,1-2H3. The van der Waals surface area contributed by atoms with Gasteiger partial charge in [-0.05, 0) is 14.1 Å². The van der Waals surface area contributed by atoms with E-state index in [0.717, 1.165) is 24.0 Å². The minimum absolute atomic E-state index is 0.575. The summed E-state index contributed by atoms with van der Waals surface area (Å²) in [5.74, 6) is 0.815. The number of rotatable bonds is 6. The van der Waals surface area contributed by atoms with Crippen LogP contribution in [0.1, 0.15) is 6.42 Å². The quantitative estimate of drug-likeness (QED) is 0.542. The smallest absolute Gasteiger partial charge is 0.168 e. The zero-order valence-corrected chi connectivity index (χ0v) is 10.00. The summed E-state index contributed by atoms with van der Waals surface area (Å²) in [6.07, 6.45) is 4.37. The lowest BCUT2D eigenvalue weighted by molar-refractivity contribution is 0.376. The van der Waals surface area contributed by atoms with Crippen molar-refractivity contribution in [2.75, 3.05) is 26.4 Å². The van der Waals surface area contributed by atoms with Gasteiger partial charge in [0.05, 0.1) is 6.07 Å². The van der Waals surface area contributed by atoms with Crippen molar-refractivity contribution < 1.29 is 0 Å². The van der Waals surface area contributed by atoms with Gasteiger partial charge in [0.15, 0.2) is 5.16 Å². The number of nitrogens with zero attached hydrogens (tertiary/aromatic N) is 4. The molecule has 0 N–H and O–H groups in total. The highest BCUT2D eigenvalue weighted by molar-refractivity contribution is 7.99. The fourth-order valence-corrected chi connectivity index (χ4v) is 1.93. The zero-order valence-electron chi connectivity index (χ0n) is 9.18. The number of likely N-dealkylation sites (N-methyl/N-ethyl adjacent to an activating group) is 1. The number of nitriles is 1. The maximum Gasteiger partial charge on any atom is 0.168 e. The maximum absolute atomic E-state index is 8.44. The van der Waals surface area contributed by atoms with Crippen molar-refractivity contribution in [3.63, 3.8) is 0 Å². The number of aromatic nitrogens is 2. The molecule has 15 heavy (non-hydrogen) atoms. The SMILES string of the molecule is CN(C)CCn1ccnc1SCCC#N. The van der Waals surface area contributed by atoms with E-state index in [0.29, 0.717) is 6.42 Å². The molecule has 1 rings (SSSR count). The molecule has 0 aliphatic rings. The van der Waals surface area contributed by atoms with Crippen molar-refractivity contribution in [3.8, 4) is 6.07 Å². The van der Waals surface area contributed by atoms with E-state index in [1.54, 1.807) is 11.8 Å². The van der Waals surface area contributed by atoms with Crippen LogP contribution in [0.25, 0.3) is 0 Å². The van der Waals surface area contributed by atoms with Crippen LogP contribution in [-0.2, 0) is 6.54 Å². The summed E-state index contributed by atoms with van der Waals surface area (Å²) in [6.45, 7) is 1.95. The van der Waals surface area contributed by atoms with Crippen LogP contribution in [-0.4, -0.2) is 40.8 Å². The van der Waals surface area contributed by atoms with E-state index in [1.165, 1.54) is 0 Å². The summed E-state index contributed by atoms with van der Waals surface area (Å²) < 4.78 is 2.13. The third-order valence-electron chi connectivity index (χ3n) is 1.91. The van der Waals surface area contributed by atoms with E-state index in [9.17, 15) is 0 Å². The first kappa shape index (κ1) is 12.1. The second-order valence-electron chi connectivity index (χ2n) is 3.46. The Morgan fingerprint density at radius 3 is 3.07 bits per heavy atom. The highest BCUT2D eigenvalue weighted by Crippen LogP contribution is 2.16. The van der Waals surface area contributed by atoms with E-state index in [-0.39, 0.29) is 0 Å². The van der Waals surface area contributed by atoms with Gasteiger partial charge in [0.25, 0.3) is 0 Å². The van der Waals surface area contributed by atoms with Crippen molar-refractivity contribution >= 4 is 11.8 Å². The predicted octanol–water partition coefficient (Wildman–Crippen LogP) is 1.45. The first-order chi connectivity index (χ1) is 7.24. The monoisotopic (exact) mass is 224 g/mol. The van der Waals surface area contributed by atoms with Gasteiger partial charge in [0.2, 0.25) is 0 Å². The van der Waals surface area contributed by atoms with Crippen LogP contribution in [0.15, 0.2) is 17.6 Å². The molecule has 0 saturated carbocycles. The molecule has 0 spiro atoms. The topological polar surface area (TPSA) is 44.9 Å². The van der Waals surface area contributed by atoms with Gasteiger partial charge in [0, 0.05) is 37.7 Å². The van der Waals surface area contributed by atoms with E-state index in [4.69, 9.17) is 5.26 Å². The van der Waals surface area contributed by atoms with Crippen molar-refractivity contribution in [2.45, 2.75) is 18.1 Å². The van der Waals surface area contributed by atoms with Crippen molar-refractivity contribution in [1.82, 2.24) is 14.5 Å². The Morgan fingerprint density at radius 1 is 1.60 bits per heavy atom. The Kier molecular flexibility index (Phi) is 5.22. The fourth-order valence-electron chi connectivity index (χ4n) is 1.10. The van der Waals surface area contributed by atoms with Crippen LogP contribution in [0.4, 0.5) is 0 Å². The molecular weight excluding hydrogens is 208 g/mol. The fraction of sp³-hybridized carbons (Fsp3) is 0.600. The predicted molar refractivity (Wildman–Crippen MR) is 61.7 cm³/mol. The Morgan fingerprint density at radius 2 is 2.40 bits per heavy atom. The lowest BCUT2D eigenvalue weighted by Crippen LogP contribution is -2.18. The summed E-state index contributed by atoms with van der Waals surface area (Å²) in [6, 6.07) is 2.13. The second-order valence-corrected chi connectivity index (χ2v) is 4.53. The van der Waals surface area contributed by atoms with E-state index in [1.807, 2.05) is 12.4 Å². The molecule has 82 valence electrons. The third-order valence-corrected chi connectivity index (χ3v) is 2.92. The molecule has 1 aromatic rings. The van der Waals surface area contributed by atoms with Crippen LogP contribution in [0.3, 0.4) is 0 Å². The van der Waals surface area contributed by atoms with Crippen LogP contribution >= 0.6 is 11.8 Å². The van der Waals surface area contributed by atoms with Gasteiger partial charge in [-0.15, -0.1) is 0 Å². The van der Waals surface area contributed by atoms with Crippen LogP contribution in [0, 0.1) is 11.3 Å². The van der Waals surface area contributed by atoms with Crippen LogP contribution in [0.2, 0.25) is 0 Å². The molecule has 1 heterocycles. The van der Waals surface area contributed by atoms with E-state index < -0.39 is 0 Å². The minimum Gasteiger partial charge on any atom is -0.325 e. The summed E-state index contributed by atoms with van der Waals surface area (Å²) in [4.78, 5) is 6.41. The molecule has 0 fully saturated rings. The number of hydrogen-bond acceptors (Lipinski definition) is 4. The molecule has 0 saturated heterocycles. The molecule has 5 heteroatoms. The first-order valence-electron chi connectivity index (χ1n) is 4.89. The van der Waals surface area contributed by atoms with Crippen molar-refractivity contribution in [3.05, 3.63) is 12.4 Å². The lowest BCUT2D eigenvalue weighted by Gasteiger charge is -2.11. The zero-order chi connectivity index (χ0) is 11.1. The molecule has 0 aliphatic heterocycles. The molecule has 1 aromatic heterocycles. The lowest BCUT2D eigenvalue weighted by atomic mass is 10.6. The van der Waals surface area contributed by atoms with Crippen LogP contribution in [0.5, 0.6) is 0 Å². The summed E-state index contributed by atoms with van der Waals surface area (Å²) in [7, 11) is 4.11. The number of imidazole rings is 1. The van der Waals surface area contributed by atoms with Gasteiger partial charge in [-0.2, -0.15) is 5.26 Å². The van der Waals surface area contributed by atoms with Crippen molar-refractivity contribution in [1.29, 1.82) is 5.26 Å². The average Bonchev–Trinajstić information content (AvgIpc) is 2.63. The molecule has 0 atom stereocenters. The Balaban J connectivity index is 2.43. The number of thioether (sulfide) groups is 1. The second kappa shape index (κ2) is 6.49. The minimum atomic E-state index is 0.575. The Hall–Kier alpha value is -0.990. The van der Waals surface area contributed by atoms with Gasteiger partial charge in [-0.3, -0.25) is 0 Å². The third kappa shape index (κ3) is 4.36. The Labute approximate surface area is 94.9 Å². The number of hydrogen-bond donors (Lipinski definition) is 0. The summed E-state index contributed by atoms with van der Waals surface area (Å²) in [5.41, 5.74) is 0. The van der Waals surface area contributed by atoms with Gasteiger partial charge in [0.1, 0.15) is 0 Å². The summed E-state index contributed by atoms with van der Waals surface area (Å²) >= 11 is 1.64. The maximum atomic E-state index is 8.44. The van der Waals surface area contributed by atoms with E-state index in [2.05, 4.69) is 34.6 Å². The molecule has 0 amide bonds. The molecule has 0 bridgehead atoms. The van der Waals surface area contributed by atoms with Gasteiger partial charge >= 0.3 is 0 Å². The van der Waals surface area contributed by atoms with Gasteiger partial charge in [-0.1, -0.05) is 11.8 Å². The largest absolute Gasteiger partial charge is 0.325 e. The summed E-state index contributed by atoms with van der Waals surface area (Å²) in [5, 5.41) is 9.45. The molecule has 0 unspecified atom stereocenters. The highest BCUT2D eigenvalue weighted by atomic mass is 32.2.